The van der Waals surface area contributed by atoms with Gasteiger partial charge in [0, 0.05) is 5.56 Å². The van der Waals surface area contributed by atoms with Crippen LogP contribution in [0.2, 0.25) is 0 Å². The predicted octanol–water partition coefficient (Wildman–Crippen LogP) is 9.60. The summed E-state index contributed by atoms with van der Waals surface area (Å²) in [6.07, 6.45) is 19.7. The van der Waals surface area contributed by atoms with Gasteiger partial charge in [-0.15, -0.1) is 0 Å². The van der Waals surface area contributed by atoms with Gasteiger partial charge in [-0.05, 0) is 61.6 Å². The van der Waals surface area contributed by atoms with Gasteiger partial charge >= 0.3 is 0 Å². The number of ether oxygens (including phenoxy) is 1. The molecule has 190 valence electrons. The highest BCUT2D eigenvalue weighted by Crippen LogP contribution is 2.38. The van der Waals surface area contributed by atoms with Crippen molar-refractivity contribution in [2.45, 2.75) is 116 Å². The van der Waals surface area contributed by atoms with Crippen LogP contribution in [0.15, 0.2) is 36.4 Å². The average Bonchev–Trinajstić information content (AvgIpc) is 2.91. The number of aromatic nitrogens is 1. The van der Waals surface area contributed by atoms with E-state index in [1.54, 1.807) is 0 Å². The summed E-state index contributed by atoms with van der Waals surface area (Å²) in [6.45, 7) is 5.19. The normalized spacial score (nSPS) is 17.7. The molecule has 0 radical (unpaired) electrons. The maximum absolute atomic E-state index is 9.62. The van der Waals surface area contributed by atoms with Gasteiger partial charge in [-0.3, -0.25) is 0 Å². The van der Waals surface area contributed by atoms with Crippen LogP contribution in [-0.4, -0.2) is 11.6 Å². The zero-order valence-corrected chi connectivity index (χ0v) is 22.2. The molecule has 0 bridgehead atoms. The Morgan fingerprint density at radius 1 is 0.800 bits per heavy atom. The van der Waals surface area contributed by atoms with Crippen LogP contribution < -0.4 is 4.74 Å². The minimum Gasteiger partial charge on any atom is -0.491 e. The summed E-state index contributed by atoms with van der Waals surface area (Å²) in [4.78, 5) is 4.61. The lowest BCUT2D eigenvalue weighted by atomic mass is 9.77. The molecule has 0 amide bonds. The monoisotopic (exact) mass is 474 g/mol. The van der Waals surface area contributed by atoms with Gasteiger partial charge < -0.3 is 4.74 Å². The van der Waals surface area contributed by atoms with Gasteiger partial charge in [0.2, 0.25) is 0 Å². The molecule has 1 saturated carbocycles. The van der Waals surface area contributed by atoms with Crippen LogP contribution in [-0.2, 0) is 0 Å². The van der Waals surface area contributed by atoms with E-state index in [1.807, 2.05) is 12.1 Å². The van der Waals surface area contributed by atoms with E-state index >= 15 is 0 Å². The second-order valence-electron chi connectivity index (χ2n) is 10.5. The molecule has 2 aromatic rings. The molecular formula is C32H46N2O. The van der Waals surface area contributed by atoms with E-state index < -0.39 is 0 Å². The van der Waals surface area contributed by atoms with Crippen molar-refractivity contribution in [3.63, 3.8) is 0 Å². The molecule has 35 heavy (non-hydrogen) atoms. The second-order valence-corrected chi connectivity index (χ2v) is 10.5. The van der Waals surface area contributed by atoms with Crippen LogP contribution in [0, 0.1) is 17.2 Å². The Bertz CT molecular complexity index is 891. The summed E-state index contributed by atoms with van der Waals surface area (Å²) in [5.74, 6) is 2.24. The minimum atomic E-state index is 0.385. The van der Waals surface area contributed by atoms with Gasteiger partial charge in [0.1, 0.15) is 6.07 Å². The molecule has 1 aromatic heterocycles. The van der Waals surface area contributed by atoms with Crippen molar-refractivity contribution < 1.29 is 4.74 Å². The Morgan fingerprint density at radius 2 is 1.46 bits per heavy atom. The van der Waals surface area contributed by atoms with Crippen molar-refractivity contribution in [3.05, 3.63) is 47.7 Å². The fourth-order valence-corrected chi connectivity index (χ4v) is 5.44. The SMILES string of the molecule is CCCCCCCCCOc1ccc(-c2ccc(C3CCC(CCCCC)CC3)cc2)nc1C#N. The van der Waals surface area contributed by atoms with E-state index in [1.165, 1.54) is 95.5 Å². The molecule has 1 heterocycles. The van der Waals surface area contributed by atoms with Gasteiger partial charge in [0.25, 0.3) is 0 Å². The largest absolute Gasteiger partial charge is 0.491 e. The summed E-state index contributed by atoms with van der Waals surface area (Å²) < 4.78 is 5.90. The molecule has 1 aliphatic rings. The average molecular weight is 475 g/mol. The molecule has 1 fully saturated rings. The Balaban J connectivity index is 1.48. The lowest BCUT2D eigenvalue weighted by Gasteiger charge is -2.29. The summed E-state index contributed by atoms with van der Waals surface area (Å²) >= 11 is 0. The number of hydrogen-bond acceptors (Lipinski definition) is 3. The zero-order chi connectivity index (χ0) is 24.7. The van der Waals surface area contributed by atoms with E-state index in [9.17, 15) is 5.26 Å². The van der Waals surface area contributed by atoms with E-state index in [2.05, 4.69) is 49.2 Å². The predicted molar refractivity (Wildman–Crippen MR) is 147 cm³/mol. The summed E-state index contributed by atoms with van der Waals surface area (Å²) in [6, 6.07) is 15.0. The number of nitrogens with zero attached hydrogens (tertiary/aromatic N) is 2. The quantitative estimate of drug-likeness (QED) is 0.241. The fourth-order valence-electron chi connectivity index (χ4n) is 5.44. The second kappa shape index (κ2) is 15.6. The van der Waals surface area contributed by atoms with Gasteiger partial charge in [0.15, 0.2) is 11.4 Å². The molecule has 1 aromatic carbocycles. The number of benzene rings is 1. The first kappa shape index (κ1) is 27.3. The van der Waals surface area contributed by atoms with E-state index in [-0.39, 0.29) is 0 Å². The van der Waals surface area contributed by atoms with Crippen molar-refractivity contribution in [2.75, 3.05) is 6.61 Å². The lowest BCUT2D eigenvalue weighted by molar-refractivity contribution is 0.302. The number of hydrogen-bond donors (Lipinski definition) is 0. The number of pyridine rings is 1. The van der Waals surface area contributed by atoms with Crippen molar-refractivity contribution in [1.82, 2.24) is 4.98 Å². The van der Waals surface area contributed by atoms with E-state index in [0.29, 0.717) is 24.0 Å². The first-order valence-corrected chi connectivity index (χ1v) is 14.4. The van der Waals surface area contributed by atoms with Crippen molar-refractivity contribution in [2.24, 2.45) is 5.92 Å². The van der Waals surface area contributed by atoms with Gasteiger partial charge in [-0.2, -0.15) is 5.26 Å². The topological polar surface area (TPSA) is 45.9 Å². The van der Waals surface area contributed by atoms with Crippen LogP contribution in [0.1, 0.15) is 127 Å². The maximum atomic E-state index is 9.62. The van der Waals surface area contributed by atoms with Gasteiger partial charge in [0.05, 0.1) is 12.3 Å². The smallest absolute Gasteiger partial charge is 0.183 e. The summed E-state index contributed by atoms with van der Waals surface area (Å²) in [5.41, 5.74) is 3.75. The number of unbranched alkanes of at least 4 members (excludes halogenated alkanes) is 8. The van der Waals surface area contributed by atoms with Crippen LogP contribution in [0.3, 0.4) is 0 Å². The van der Waals surface area contributed by atoms with E-state index in [4.69, 9.17) is 4.74 Å². The van der Waals surface area contributed by atoms with Crippen molar-refractivity contribution in [3.8, 4) is 23.1 Å². The molecule has 3 nitrogen and oxygen atoms in total. The first-order valence-electron chi connectivity index (χ1n) is 14.4. The Morgan fingerprint density at radius 3 is 2.14 bits per heavy atom. The van der Waals surface area contributed by atoms with Crippen LogP contribution >= 0.6 is 0 Å². The molecule has 3 rings (SSSR count). The van der Waals surface area contributed by atoms with Crippen LogP contribution in [0.4, 0.5) is 0 Å². The number of rotatable bonds is 15. The number of nitriles is 1. The molecule has 0 unspecified atom stereocenters. The highest BCUT2D eigenvalue weighted by molar-refractivity contribution is 5.61. The van der Waals surface area contributed by atoms with Gasteiger partial charge in [-0.1, -0.05) is 102 Å². The molecule has 0 spiro atoms. The molecular weight excluding hydrogens is 428 g/mol. The minimum absolute atomic E-state index is 0.385. The van der Waals surface area contributed by atoms with Crippen molar-refractivity contribution in [1.29, 1.82) is 5.26 Å². The molecule has 0 N–H and O–H groups in total. The molecule has 0 saturated heterocycles. The Hall–Kier alpha value is -2.34. The Kier molecular flexibility index (Phi) is 12.2. The fraction of sp³-hybridized carbons (Fsp3) is 0.625. The molecule has 0 atom stereocenters. The van der Waals surface area contributed by atoms with Gasteiger partial charge in [-0.25, -0.2) is 4.98 Å². The highest BCUT2D eigenvalue weighted by atomic mass is 16.5. The third kappa shape index (κ3) is 8.99. The highest BCUT2D eigenvalue weighted by Gasteiger charge is 2.22. The zero-order valence-electron chi connectivity index (χ0n) is 22.2. The maximum Gasteiger partial charge on any atom is 0.183 e. The Labute approximate surface area is 214 Å². The third-order valence-corrected chi connectivity index (χ3v) is 7.71. The van der Waals surface area contributed by atoms with Crippen LogP contribution in [0.5, 0.6) is 5.75 Å². The third-order valence-electron chi connectivity index (χ3n) is 7.71. The molecule has 1 aliphatic carbocycles. The lowest BCUT2D eigenvalue weighted by Crippen LogP contribution is -2.13. The van der Waals surface area contributed by atoms with Crippen LogP contribution in [0.25, 0.3) is 11.3 Å². The summed E-state index contributed by atoms with van der Waals surface area (Å²) in [5, 5.41) is 9.62. The van der Waals surface area contributed by atoms with Crippen molar-refractivity contribution >= 4 is 0 Å². The first-order chi connectivity index (χ1) is 17.2. The van der Waals surface area contributed by atoms with E-state index in [0.717, 1.165) is 23.6 Å². The molecule has 0 aliphatic heterocycles. The molecule has 3 heteroatoms. The summed E-state index contributed by atoms with van der Waals surface area (Å²) in [7, 11) is 0. The standard InChI is InChI=1S/C32H46N2O/c1-3-5-7-8-9-10-12-24-35-32-23-22-30(34-31(32)25-33)29-20-18-28(19-21-29)27-16-14-26(15-17-27)13-11-6-4-2/h18-23,26-27H,3-17,24H2,1-2H3.